The third kappa shape index (κ3) is 2.73. The zero-order chi connectivity index (χ0) is 18.3. The standard InChI is InChI=1S/C19H16N2O5/c1-10(11-6-7-13-15(8-11)26-19(23)21-13)20-18(22)16-9-12-4-3-5-14(24-2)17(12)25-16/h3-10H,1-2H3,(H,20,22)(H,21,23). The predicted octanol–water partition coefficient (Wildman–Crippen LogP) is 3.37. The average molecular weight is 352 g/mol. The molecule has 0 aliphatic rings. The van der Waals surface area contributed by atoms with Gasteiger partial charge in [0.15, 0.2) is 22.7 Å². The number of rotatable bonds is 4. The van der Waals surface area contributed by atoms with Crippen LogP contribution in [-0.4, -0.2) is 18.0 Å². The molecule has 0 saturated heterocycles. The molecule has 1 atom stereocenters. The molecular weight excluding hydrogens is 336 g/mol. The van der Waals surface area contributed by atoms with Crippen molar-refractivity contribution in [2.24, 2.45) is 0 Å². The molecule has 4 aromatic rings. The molecule has 2 N–H and O–H groups in total. The van der Waals surface area contributed by atoms with Crippen LogP contribution < -0.4 is 15.8 Å². The maximum Gasteiger partial charge on any atom is 0.417 e. The highest BCUT2D eigenvalue weighted by Crippen LogP contribution is 2.28. The minimum absolute atomic E-state index is 0.200. The molecule has 0 radical (unpaired) electrons. The highest BCUT2D eigenvalue weighted by molar-refractivity contribution is 5.97. The second kappa shape index (κ2) is 6.11. The Hall–Kier alpha value is -3.48. The van der Waals surface area contributed by atoms with Crippen molar-refractivity contribution in [2.45, 2.75) is 13.0 Å². The first-order chi connectivity index (χ1) is 12.5. The fraction of sp³-hybridized carbons (Fsp3) is 0.158. The lowest BCUT2D eigenvalue weighted by Crippen LogP contribution is -2.26. The van der Waals surface area contributed by atoms with E-state index in [1.54, 1.807) is 31.4 Å². The number of furan rings is 1. The summed E-state index contributed by atoms with van der Waals surface area (Å²) >= 11 is 0. The summed E-state index contributed by atoms with van der Waals surface area (Å²) in [6.07, 6.45) is 0. The number of carbonyl (C=O) groups excluding carboxylic acids is 1. The van der Waals surface area contributed by atoms with Crippen LogP contribution in [0.2, 0.25) is 0 Å². The summed E-state index contributed by atoms with van der Waals surface area (Å²) in [4.78, 5) is 26.4. The lowest BCUT2D eigenvalue weighted by Gasteiger charge is -2.13. The van der Waals surface area contributed by atoms with Crippen LogP contribution in [0.3, 0.4) is 0 Å². The second-order valence-electron chi connectivity index (χ2n) is 5.95. The molecule has 0 aliphatic carbocycles. The maximum atomic E-state index is 12.5. The van der Waals surface area contributed by atoms with E-state index in [2.05, 4.69) is 10.3 Å². The first-order valence-corrected chi connectivity index (χ1v) is 8.05. The number of aromatic nitrogens is 1. The van der Waals surface area contributed by atoms with Gasteiger partial charge in [-0.3, -0.25) is 9.78 Å². The van der Waals surface area contributed by atoms with Crippen molar-refractivity contribution in [1.29, 1.82) is 0 Å². The quantitative estimate of drug-likeness (QED) is 0.587. The molecule has 1 unspecified atom stereocenters. The zero-order valence-corrected chi connectivity index (χ0v) is 14.2. The minimum Gasteiger partial charge on any atom is -0.493 e. The normalized spacial score (nSPS) is 12.4. The van der Waals surface area contributed by atoms with Gasteiger partial charge >= 0.3 is 5.76 Å². The number of hydrogen-bond acceptors (Lipinski definition) is 5. The topological polar surface area (TPSA) is 97.5 Å². The summed E-state index contributed by atoms with van der Waals surface area (Å²) in [5, 5.41) is 3.67. The Balaban J connectivity index is 1.59. The van der Waals surface area contributed by atoms with Gasteiger partial charge in [0, 0.05) is 5.39 Å². The van der Waals surface area contributed by atoms with Gasteiger partial charge in [0.05, 0.1) is 18.7 Å². The highest BCUT2D eigenvalue weighted by Gasteiger charge is 2.18. The molecule has 26 heavy (non-hydrogen) atoms. The van der Waals surface area contributed by atoms with Gasteiger partial charge in [0.25, 0.3) is 5.91 Å². The van der Waals surface area contributed by atoms with Crippen LogP contribution in [0.5, 0.6) is 5.75 Å². The van der Waals surface area contributed by atoms with Crippen LogP contribution >= 0.6 is 0 Å². The molecule has 132 valence electrons. The van der Waals surface area contributed by atoms with E-state index < -0.39 is 5.76 Å². The van der Waals surface area contributed by atoms with Crippen molar-refractivity contribution in [3.05, 3.63) is 64.3 Å². The van der Waals surface area contributed by atoms with Crippen molar-refractivity contribution >= 4 is 28.0 Å². The Morgan fingerprint density at radius 1 is 1.19 bits per heavy atom. The smallest absolute Gasteiger partial charge is 0.417 e. The maximum absolute atomic E-state index is 12.5. The third-order valence-electron chi connectivity index (χ3n) is 4.24. The van der Waals surface area contributed by atoms with Gasteiger partial charge in [-0.2, -0.15) is 0 Å². The number of nitrogens with one attached hydrogen (secondary N) is 2. The zero-order valence-electron chi connectivity index (χ0n) is 14.2. The van der Waals surface area contributed by atoms with E-state index in [-0.39, 0.29) is 17.7 Å². The molecule has 1 amide bonds. The second-order valence-corrected chi connectivity index (χ2v) is 5.95. The molecule has 2 heterocycles. The molecule has 0 spiro atoms. The van der Waals surface area contributed by atoms with Crippen molar-refractivity contribution in [1.82, 2.24) is 10.3 Å². The van der Waals surface area contributed by atoms with Gasteiger partial charge in [0.2, 0.25) is 0 Å². The average Bonchev–Trinajstić information content (AvgIpc) is 3.22. The van der Waals surface area contributed by atoms with Crippen LogP contribution in [0.25, 0.3) is 22.1 Å². The number of amides is 1. The Morgan fingerprint density at radius 2 is 2.04 bits per heavy atom. The van der Waals surface area contributed by atoms with E-state index in [4.69, 9.17) is 13.6 Å². The van der Waals surface area contributed by atoms with Gasteiger partial charge in [-0.1, -0.05) is 18.2 Å². The Bertz CT molecular complexity index is 1170. The minimum atomic E-state index is -0.509. The van der Waals surface area contributed by atoms with Crippen LogP contribution in [0.15, 0.2) is 56.1 Å². The van der Waals surface area contributed by atoms with Crippen LogP contribution in [-0.2, 0) is 0 Å². The lowest BCUT2D eigenvalue weighted by molar-refractivity contribution is 0.0914. The summed E-state index contributed by atoms with van der Waals surface area (Å²) in [7, 11) is 1.55. The Morgan fingerprint density at radius 3 is 2.85 bits per heavy atom. The van der Waals surface area contributed by atoms with E-state index in [9.17, 15) is 9.59 Å². The van der Waals surface area contributed by atoms with Crippen molar-refractivity contribution in [2.75, 3.05) is 7.11 Å². The van der Waals surface area contributed by atoms with Crippen molar-refractivity contribution < 1.29 is 18.4 Å². The summed E-state index contributed by atoms with van der Waals surface area (Å²) in [6.45, 7) is 1.84. The van der Waals surface area contributed by atoms with Gasteiger partial charge in [-0.25, -0.2) is 4.79 Å². The highest BCUT2D eigenvalue weighted by atomic mass is 16.5. The lowest BCUT2D eigenvalue weighted by atomic mass is 10.1. The van der Waals surface area contributed by atoms with Crippen molar-refractivity contribution in [3.63, 3.8) is 0 Å². The number of para-hydroxylation sites is 1. The summed E-state index contributed by atoms with van der Waals surface area (Å²) in [5.74, 6) is -0.0791. The molecule has 0 aliphatic heterocycles. The number of hydrogen-bond donors (Lipinski definition) is 2. The number of ether oxygens (including phenoxy) is 1. The summed E-state index contributed by atoms with van der Waals surface area (Å²) in [6, 6.07) is 12.1. The molecule has 2 aromatic heterocycles. The van der Waals surface area contributed by atoms with Crippen LogP contribution in [0.4, 0.5) is 0 Å². The fourth-order valence-electron chi connectivity index (χ4n) is 2.89. The molecule has 7 heteroatoms. The Kier molecular flexibility index (Phi) is 3.76. The Labute approximate surface area is 147 Å². The number of fused-ring (bicyclic) bond motifs is 2. The molecule has 0 saturated carbocycles. The summed E-state index contributed by atoms with van der Waals surface area (Å²) in [5.41, 5.74) is 2.40. The van der Waals surface area contributed by atoms with Gasteiger partial charge in [0.1, 0.15) is 0 Å². The van der Waals surface area contributed by atoms with Crippen LogP contribution in [0, 0.1) is 0 Å². The number of methoxy groups -OCH3 is 1. The first kappa shape index (κ1) is 16.0. The number of oxazole rings is 1. The first-order valence-electron chi connectivity index (χ1n) is 8.05. The van der Waals surface area contributed by atoms with E-state index in [1.807, 2.05) is 25.1 Å². The van der Waals surface area contributed by atoms with Gasteiger partial charge in [-0.05, 0) is 36.8 Å². The number of H-pyrrole nitrogens is 1. The number of benzene rings is 2. The molecule has 0 fully saturated rings. The molecule has 7 nitrogen and oxygen atoms in total. The molecule has 4 rings (SSSR count). The van der Waals surface area contributed by atoms with E-state index in [1.165, 1.54) is 0 Å². The molecule has 0 bridgehead atoms. The van der Waals surface area contributed by atoms with Gasteiger partial charge < -0.3 is 18.9 Å². The van der Waals surface area contributed by atoms with E-state index in [0.717, 1.165) is 10.9 Å². The largest absolute Gasteiger partial charge is 0.493 e. The summed E-state index contributed by atoms with van der Waals surface area (Å²) < 4.78 is 16.0. The van der Waals surface area contributed by atoms with Crippen LogP contribution in [0.1, 0.15) is 29.1 Å². The SMILES string of the molecule is COc1cccc2cc(C(=O)NC(C)c3ccc4[nH]c(=O)oc4c3)oc12. The number of aromatic amines is 1. The fourth-order valence-corrected chi connectivity index (χ4v) is 2.89. The third-order valence-corrected chi connectivity index (χ3v) is 4.24. The van der Waals surface area contributed by atoms with E-state index >= 15 is 0 Å². The number of carbonyl (C=O) groups is 1. The van der Waals surface area contributed by atoms with E-state index in [0.29, 0.717) is 22.4 Å². The predicted molar refractivity (Wildman–Crippen MR) is 95.5 cm³/mol. The van der Waals surface area contributed by atoms with Crippen molar-refractivity contribution in [3.8, 4) is 5.75 Å². The molecular formula is C19H16N2O5. The monoisotopic (exact) mass is 352 g/mol. The molecule has 2 aromatic carbocycles. The van der Waals surface area contributed by atoms with Gasteiger partial charge in [-0.15, -0.1) is 0 Å².